The van der Waals surface area contributed by atoms with Crippen LogP contribution in [0, 0.1) is 5.92 Å². The highest BCUT2D eigenvalue weighted by Gasteiger charge is 2.24. The molecule has 2 unspecified atom stereocenters. The van der Waals surface area contributed by atoms with E-state index in [0.717, 1.165) is 23.3 Å². The predicted molar refractivity (Wildman–Crippen MR) is 100 cm³/mol. The Balaban J connectivity index is 1.81. The number of hydrogen-bond acceptors (Lipinski definition) is 2. The number of hydrogen-bond donors (Lipinski definition) is 1. The first-order valence-electron chi connectivity index (χ1n) is 8.81. The van der Waals surface area contributed by atoms with Crippen LogP contribution >= 0.6 is 0 Å². The van der Waals surface area contributed by atoms with Gasteiger partial charge in [-0.25, -0.2) is 4.98 Å². The molecule has 3 aromatic rings. The fourth-order valence-electron chi connectivity index (χ4n) is 3.29. The molecule has 0 bridgehead atoms. The zero-order valence-corrected chi connectivity index (χ0v) is 15.3. The van der Waals surface area contributed by atoms with Crippen LogP contribution in [0.5, 0.6) is 0 Å². The van der Waals surface area contributed by atoms with Crippen molar-refractivity contribution in [1.29, 1.82) is 0 Å². The highest BCUT2D eigenvalue weighted by molar-refractivity contribution is 5.81. The summed E-state index contributed by atoms with van der Waals surface area (Å²) in [7, 11) is 1.99. The Morgan fingerprint density at radius 3 is 2.44 bits per heavy atom. The molecule has 0 spiro atoms. The van der Waals surface area contributed by atoms with Crippen molar-refractivity contribution in [3.8, 4) is 0 Å². The third-order valence-electron chi connectivity index (χ3n) is 4.55. The number of carbonyl (C=O) groups is 1. The van der Waals surface area contributed by atoms with Gasteiger partial charge in [0.25, 0.3) is 0 Å². The van der Waals surface area contributed by atoms with Crippen LogP contribution in [0.4, 0.5) is 0 Å². The number of imidazole rings is 1. The molecule has 0 aliphatic rings. The van der Waals surface area contributed by atoms with Crippen LogP contribution in [-0.4, -0.2) is 20.0 Å². The maximum Gasteiger partial charge on any atom is 0.243 e. The lowest BCUT2D eigenvalue weighted by molar-refractivity contribution is -0.125. The Labute approximate surface area is 148 Å². The largest absolute Gasteiger partial charge is 0.345 e. The van der Waals surface area contributed by atoms with E-state index in [0.29, 0.717) is 5.92 Å². The van der Waals surface area contributed by atoms with Gasteiger partial charge in [-0.1, -0.05) is 26.0 Å². The maximum atomic E-state index is 12.9. The van der Waals surface area contributed by atoms with Crippen LogP contribution in [0.3, 0.4) is 0 Å². The summed E-state index contributed by atoms with van der Waals surface area (Å²) in [6.45, 7) is 6.26. The molecule has 132 valence electrons. The summed E-state index contributed by atoms with van der Waals surface area (Å²) in [6, 6.07) is 11.6. The number of fused-ring (bicyclic) bond motifs is 1. The minimum Gasteiger partial charge on any atom is -0.345 e. The van der Waals surface area contributed by atoms with Crippen molar-refractivity contribution in [2.24, 2.45) is 13.0 Å². The van der Waals surface area contributed by atoms with Crippen molar-refractivity contribution < 1.29 is 4.79 Å². The van der Waals surface area contributed by atoms with E-state index in [4.69, 9.17) is 0 Å². The van der Waals surface area contributed by atoms with Crippen molar-refractivity contribution in [1.82, 2.24) is 19.4 Å². The van der Waals surface area contributed by atoms with Gasteiger partial charge in [0, 0.05) is 19.4 Å². The summed E-state index contributed by atoms with van der Waals surface area (Å²) in [5.41, 5.74) is 2.02. The monoisotopic (exact) mass is 338 g/mol. The molecule has 3 rings (SSSR count). The molecule has 0 saturated heterocycles. The second-order valence-corrected chi connectivity index (χ2v) is 7.02. The van der Waals surface area contributed by atoms with Gasteiger partial charge in [-0.15, -0.1) is 0 Å². The Morgan fingerprint density at radius 1 is 1.12 bits per heavy atom. The van der Waals surface area contributed by atoms with Gasteiger partial charge in [0.15, 0.2) is 0 Å². The molecule has 5 heteroatoms. The molecule has 5 nitrogen and oxygen atoms in total. The third kappa shape index (κ3) is 3.60. The zero-order chi connectivity index (χ0) is 18.0. The van der Waals surface area contributed by atoms with Crippen LogP contribution in [-0.2, 0) is 11.8 Å². The number of amides is 1. The second kappa shape index (κ2) is 7.13. The first kappa shape index (κ1) is 17.3. The average Bonchev–Trinajstić information content (AvgIpc) is 3.21. The molecule has 0 aliphatic carbocycles. The Kier molecular flexibility index (Phi) is 4.93. The molecule has 1 aromatic carbocycles. The van der Waals surface area contributed by atoms with E-state index in [2.05, 4.69) is 24.1 Å². The number of nitrogens with one attached hydrogen (secondary N) is 1. The van der Waals surface area contributed by atoms with Gasteiger partial charge in [-0.05, 0) is 43.5 Å². The lowest BCUT2D eigenvalue weighted by Crippen LogP contribution is -2.35. The number of benzene rings is 1. The zero-order valence-electron chi connectivity index (χ0n) is 15.3. The molecule has 0 aliphatic heterocycles. The van der Waals surface area contributed by atoms with Crippen LogP contribution in [0.25, 0.3) is 11.0 Å². The molecule has 0 saturated carbocycles. The van der Waals surface area contributed by atoms with E-state index in [9.17, 15) is 4.79 Å². The van der Waals surface area contributed by atoms with Gasteiger partial charge in [0.2, 0.25) is 5.91 Å². The van der Waals surface area contributed by atoms with Gasteiger partial charge in [-0.3, -0.25) is 4.79 Å². The summed E-state index contributed by atoms with van der Waals surface area (Å²) in [6.07, 6.45) is 4.70. The summed E-state index contributed by atoms with van der Waals surface area (Å²) < 4.78 is 4.03. The quantitative estimate of drug-likeness (QED) is 0.742. The minimum atomic E-state index is -0.202. The van der Waals surface area contributed by atoms with Gasteiger partial charge in [-0.2, -0.15) is 0 Å². The molecular formula is C20H26N4O. The van der Waals surface area contributed by atoms with E-state index >= 15 is 0 Å². The second-order valence-electron chi connectivity index (χ2n) is 7.02. The minimum absolute atomic E-state index is 0.0319. The van der Waals surface area contributed by atoms with E-state index in [1.165, 1.54) is 0 Å². The standard InChI is InChI=1S/C20H26N4O/c1-14(2)13-18(24-11-7-8-12-24)20(25)21-15(3)19-22-16-9-5-6-10-17(16)23(19)4/h5-12,14-15,18H,13H2,1-4H3,(H,21,25). The highest BCUT2D eigenvalue weighted by atomic mass is 16.2. The topological polar surface area (TPSA) is 51.9 Å². The molecule has 1 amide bonds. The lowest BCUT2D eigenvalue weighted by Gasteiger charge is -2.23. The molecule has 0 fully saturated rings. The molecule has 2 atom stereocenters. The molecule has 0 radical (unpaired) electrons. The number of para-hydroxylation sites is 2. The third-order valence-corrected chi connectivity index (χ3v) is 4.55. The highest BCUT2D eigenvalue weighted by Crippen LogP contribution is 2.22. The molecule has 25 heavy (non-hydrogen) atoms. The van der Waals surface area contributed by atoms with Gasteiger partial charge in [0.1, 0.15) is 11.9 Å². The van der Waals surface area contributed by atoms with E-state index in [1.54, 1.807) is 0 Å². The maximum absolute atomic E-state index is 12.9. The first-order chi connectivity index (χ1) is 12.0. The fourth-order valence-corrected chi connectivity index (χ4v) is 3.29. The molecular weight excluding hydrogens is 312 g/mol. The fraction of sp³-hybridized carbons (Fsp3) is 0.400. The normalized spacial score (nSPS) is 14.0. The van der Waals surface area contributed by atoms with Gasteiger partial charge >= 0.3 is 0 Å². The van der Waals surface area contributed by atoms with Gasteiger partial charge in [0.05, 0.1) is 17.1 Å². The Morgan fingerprint density at radius 2 is 1.80 bits per heavy atom. The summed E-state index contributed by atoms with van der Waals surface area (Å²) >= 11 is 0. The number of rotatable bonds is 6. The van der Waals surface area contributed by atoms with E-state index in [1.807, 2.05) is 71.9 Å². The lowest BCUT2D eigenvalue weighted by atomic mass is 10.0. The van der Waals surface area contributed by atoms with Crippen molar-refractivity contribution in [3.05, 3.63) is 54.6 Å². The van der Waals surface area contributed by atoms with Crippen LogP contribution in [0.2, 0.25) is 0 Å². The number of aryl methyl sites for hydroxylation is 1. The predicted octanol–water partition coefficient (Wildman–Crippen LogP) is 3.84. The molecule has 2 heterocycles. The van der Waals surface area contributed by atoms with Crippen molar-refractivity contribution in [2.75, 3.05) is 0 Å². The van der Waals surface area contributed by atoms with Crippen molar-refractivity contribution in [2.45, 2.75) is 39.3 Å². The summed E-state index contributed by atoms with van der Waals surface area (Å²) in [4.78, 5) is 17.6. The smallest absolute Gasteiger partial charge is 0.243 e. The summed E-state index contributed by atoms with van der Waals surface area (Å²) in [5.74, 6) is 1.33. The first-order valence-corrected chi connectivity index (χ1v) is 8.81. The van der Waals surface area contributed by atoms with Crippen LogP contribution in [0.15, 0.2) is 48.8 Å². The van der Waals surface area contributed by atoms with E-state index < -0.39 is 0 Å². The van der Waals surface area contributed by atoms with Crippen molar-refractivity contribution in [3.63, 3.8) is 0 Å². The number of aromatic nitrogens is 3. The van der Waals surface area contributed by atoms with Crippen molar-refractivity contribution >= 4 is 16.9 Å². The number of nitrogens with zero attached hydrogens (tertiary/aromatic N) is 3. The van der Waals surface area contributed by atoms with Gasteiger partial charge < -0.3 is 14.5 Å². The van der Waals surface area contributed by atoms with E-state index in [-0.39, 0.29) is 18.0 Å². The molecule has 1 N–H and O–H groups in total. The van der Waals surface area contributed by atoms with Crippen LogP contribution in [0.1, 0.15) is 45.1 Å². The average molecular weight is 338 g/mol. The molecule has 2 aromatic heterocycles. The summed E-state index contributed by atoms with van der Waals surface area (Å²) in [5, 5.41) is 3.15. The Bertz CT molecular complexity index is 848. The number of carbonyl (C=O) groups excluding carboxylic acids is 1. The van der Waals surface area contributed by atoms with Crippen LogP contribution < -0.4 is 5.32 Å². The SMILES string of the molecule is CC(C)CC(C(=O)NC(C)c1nc2ccccc2n1C)n1cccc1. The Hall–Kier alpha value is -2.56.